The number of nitrogens with one attached hydrogen (secondary N) is 1. The second kappa shape index (κ2) is 8.92. The zero-order chi connectivity index (χ0) is 18.4. The summed E-state index contributed by atoms with van der Waals surface area (Å²) in [5, 5.41) is 10.2. The number of Topliss-reactive ketones (excluding diaryl/α,β-unsaturated/α-hetero) is 1. The third kappa shape index (κ3) is 6.11. The smallest absolute Gasteiger partial charge is 0.227 e. The molecular weight excluding hydrogens is 387 g/mol. The van der Waals surface area contributed by atoms with Crippen LogP contribution in [0.1, 0.15) is 17.3 Å². The molecule has 0 radical (unpaired) electrons. The number of aromatic nitrogens is 2. The van der Waals surface area contributed by atoms with Crippen LogP contribution >= 0.6 is 34.9 Å². The van der Waals surface area contributed by atoms with Gasteiger partial charge < -0.3 is 11.1 Å². The van der Waals surface area contributed by atoms with Gasteiger partial charge in [0.1, 0.15) is 5.82 Å². The van der Waals surface area contributed by atoms with Gasteiger partial charge in [-0.2, -0.15) is 0 Å². The Bertz CT molecular complexity index is 812. The number of nitrogens with two attached hydrogens (primary N) is 1. The molecular formula is C14H13FN4O3S3. The molecule has 0 bridgehead atoms. The molecule has 1 aromatic carbocycles. The van der Waals surface area contributed by atoms with E-state index in [2.05, 4.69) is 15.5 Å². The van der Waals surface area contributed by atoms with E-state index in [1.54, 1.807) is 0 Å². The van der Waals surface area contributed by atoms with Crippen LogP contribution in [0, 0.1) is 5.82 Å². The maximum Gasteiger partial charge on any atom is 0.227 e. The second-order valence-electron chi connectivity index (χ2n) is 4.68. The van der Waals surface area contributed by atoms with Crippen molar-refractivity contribution in [3.63, 3.8) is 0 Å². The highest BCUT2D eigenvalue weighted by Crippen LogP contribution is 2.29. The molecule has 0 spiro atoms. The lowest BCUT2D eigenvalue weighted by atomic mass is 10.1. The van der Waals surface area contributed by atoms with E-state index < -0.39 is 17.5 Å². The van der Waals surface area contributed by atoms with E-state index in [1.807, 2.05) is 0 Å². The van der Waals surface area contributed by atoms with Gasteiger partial charge in [0.25, 0.3) is 0 Å². The summed E-state index contributed by atoms with van der Waals surface area (Å²) in [5.41, 5.74) is 5.28. The van der Waals surface area contributed by atoms with Gasteiger partial charge in [-0.05, 0) is 18.2 Å². The quantitative estimate of drug-likeness (QED) is 0.515. The van der Waals surface area contributed by atoms with Crippen molar-refractivity contribution in [3.8, 4) is 0 Å². The first-order valence-electron chi connectivity index (χ1n) is 6.83. The number of hydrogen-bond acceptors (Lipinski definition) is 8. The Morgan fingerprint density at radius 3 is 2.40 bits per heavy atom. The second-order valence-corrected chi connectivity index (χ2v) is 8.10. The number of carbonyl (C=O) groups excluding carboxylic acids is 3. The van der Waals surface area contributed by atoms with Gasteiger partial charge in [0.05, 0.1) is 17.1 Å². The summed E-state index contributed by atoms with van der Waals surface area (Å²) in [5.74, 6) is -1.79. The Kier molecular flexibility index (Phi) is 6.91. The van der Waals surface area contributed by atoms with Crippen LogP contribution < -0.4 is 11.1 Å². The fraction of sp³-hybridized carbons (Fsp3) is 0.214. The Labute approximate surface area is 155 Å². The number of hydrogen-bond donors (Lipinski definition) is 2. The van der Waals surface area contributed by atoms with Gasteiger partial charge >= 0.3 is 0 Å². The average Bonchev–Trinajstić information content (AvgIpc) is 2.98. The van der Waals surface area contributed by atoms with Gasteiger partial charge in [-0.3, -0.25) is 14.4 Å². The number of thioether (sulfide) groups is 2. The maximum atomic E-state index is 14.0. The molecule has 0 saturated carbocycles. The molecule has 7 nitrogen and oxygen atoms in total. The number of halogens is 1. The van der Waals surface area contributed by atoms with E-state index in [0.29, 0.717) is 8.68 Å². The lowest BCUT2D eigenvalue weighted by Gasteiger charge is -2.05. The van der Waals surface area contributed by atoms with Crippen molar-refractivity contribution < 1.29 is 18.8 Å². The van der Waals surface area contributed by atoms with Gasteiger partial charge in [-0.15, -0.1) is 10.2 Å². The third-order valence-electron chi connectivity index (χ3n) is 2.64. The number of benzene rings is 1. The van der Waals surface area contributed by atoms with Crippen molar-refractivity contribution in [1.29, 1.82) is 0 Å². The van der Waals surface area contributed by atoms with Crippen molar-refractivity contribution in [2.45, 2.75) is 15.6 Å². The van der Waals surface area contributed by atoms with Crippen LogP contribution in [-0.2, 0) is 9.59 Å². The first-order valence-corrected chi connectivity index (χ1v) is 9.61. The predicted molar refractivity (Wildman–Crippen MR) is 95.6 cm³/mol. The molecule has 0 saturated heterocycles. The van der Waals surface area contributed by atoms with E-state index in [1.165, 1.54) is 42.2 Å². The summed E-state index contributed by atoms with van der Waals surface area (Å²) in [7, 11) is 0. The Morgan fingerprint density at radius 2 is 1.84 bits per heavy atom. The average molecular weight is 400 g/mol. The van der Waals surface area contributed by atoms with Gasteiger partial charge in [0.2, 0.25) is 11.8 Å². The minimum atomic E-state index is -0.702. The lowest BCUT2D eigenvalue weighted by molar-refractivity contribution is -0.116. The maximum absolute atomic E-state index is 14.0. The largest absolute Gasteiger partial charge is 0.369 e. The molecule has 2 rings (SSSR count). The van der Waals surface area contributed by atoms with Gasteiger partial charge in [0.15, 0.2) is 14.5 Å². The van der Waals surface area contributed by atoms with Crippen LogP contribution in [0.3, 0.4) is 0 Å². The molecule has 2 amide bonds. The third-order valence-corrected chi connectivity index (χ3v) is 5.85. The van der Waals surface area contributed by atoms with Crippen molar-refractivity contribution in [3.05, 3.63) is 29.6 Å². The number of rotatable bonds is 8. The molecule has 0 fully saturated rings. The standard InChI is InChI=1S/C14H13FN4O3S3/c1-7(20)17-8-2-3-9(10(15)4-8)11(21)5-23-13-18-19-14(25-13)24-6-12(16)22/h2-4H,5-6H2,1H3,(H2,16,22)(H,17,20). The molecule has 1 heterocycles. The van der Waals surface area contributed by atoms with Gasteiger partial charge in [-0.25, -0.2) is 4.39 Å². The number of anilines is 1. The summed E-state index contributed by atoms with van der Waals surface area (Å²) in [6.07, 6.45) is 0. The van der Waals surface area contributed by atoms with Crippen LogP contribution in [0.15, 0.2) is 26.9 Å². The lowest BCUT2D eigenvalue weighted by Crippen LogP contribution is -2.12. The van der Waals surface area contributed by atoms with Crippen molar-refractivity contribution in [2.24, 2.45) is 5.73 Å². The van der Waals surface area contributed by atoms with E-state index in [-0.39, 0.29) is 28.7 Å². The van der Waals surface area contributed by atoms with E-state index in [9.17, 15) is 18.8 Å². The first kappa shape index (κ1) is 19.3. The molecule has 1 aromatic heterocycles. The summed E-state index contributed by atoms with van der Waals surface area (Å²) < 4.78 is 15.1. The number of nitrogens with zero attached hydrogens (tertiary/aromatic N) is 2. The summed E-state index contributed by atoms with van der Waals surface area (Å²) in [6, 6.07) is 3.90. The molecule has 25 heavy (non-hydrogen) atoms. The Hall–Kier alpha value is -1.98. The van der Waals surface area contributed by atoms with Gasteiger partial charge in [-0.1, -0.05) is 34.9 Å². The van der Waals surface area contributed by atoms with Crippen LogP contribution in [0.4, 0.5) is 10.1 Å². The van der Waals surface area contributed by atoms with Gasteiger partial charge in [0, 0.05) is 12.6 Å². The molecule has 0 aliphatic carbocycles. The number of ketones is 1. The molecule has 3 N–H and O–H groups in total. The number of primary amides is 1. The highest BCUT2D eigenvalue weighted by atomic mass is 32.2. The van der Waals surface area contributed by atoms with E-state index >= 15 is 0 Å². The fourth-order valence-corrected chi connectivity index (χ4v) is 4.32. The zero-order valence-electron chi connectivity index (χ0n) is 12.9. The highest BCUT2D eigenvalue weighted by molar-refractivity contribution is 8.03. The van der Waals surface area contributed by atoms with E-state index in [4.69, 9.17) is 5.73 Å². The minimum Gasteiger partial charge on any atom is -0.369 e. The molecule has 0 aliphatic heterocycles. The summed E-state index contributed by atoms with van der Waals surface area (Å²) in [4.78, 5) is 33.8. The number of amides is 2. The first-order chi connectivity index (χ1) is 11.8. The highest BCUT2D eigenvalue weighted by Gasteiger charge is 2.15. The molecule has 0 atom stereocenters. The van der Waals surface area contributed by atoms with Crippen molar-refractivity contribution >= 4 is 58.1 Å². The molecule has 132 valence electrons. The van der Waals surface area contributed by atoms with Crippen LogP contribution in [-0.4, -0.2) is 39.3 Å². The molecule has 2 aromatic rings. The van der Waals surface area contributed by atoms with Crippen LogP contribution in [0.2, 0.25) is 0 Å². The SMILES string of the molecule is CC(=O)Nc1ccc(C(=O)CSc2nnc(SCC(N)=O)s2)c(F)c1. The van der Waals surface area contributed by atoms with Crippen LogP contribution in [0.25, 0.3) is 0 Å². The number of carbonyl (C=O) groups is 3. The molecule has 11 heteroatoms. The molecule has 0 aliphatic rings. The Balaban J connectivity index is 1.94. The molecule has 0 unspecified atom stereocenters. The minimum absolute atomic E-state index is 0.00841. The van der Waals surface area contributed by atoms with Crippen molar-refractivity contribution in [1.82, 2.24) is 10.2 Å². The fourth-order valence-electron chi connectivity index (χ4n) is 1.67. The van der Waals surface area contributed by atoms with Crippen molar-refractivity contribution in [2.75, 3.05) is 16.8 Å². The topological polar surface area (TPSA) is 115 Å². The zero-order valence-corrected chi connectivity index (χ0v) is 15.4. The van der Waals surface area contributed by atoms with E-state index in [0.717, 1.165) is 17.8 Å². The predicted octanol–water partition coefficient (Wildman–Crippen LogP) is 2.19. The Morgan fingerprint density at radius 1 is 1.20 bits per heavy atom. The monoisotopic (exact) mass is 400 g/mol. The normalized spacial score (nSPS) is 10.5. The van der Waals surface area contributed by atoms with Crippen LogP contribution in [0.5, 0.6) is 0 Å². The summed E-state index contributed by atoms with van der Waals surface area (Å²) >= 11 is 3.53. The summed E-state index contributed by atoms with van der Waals surface area (Å²) in [6.45, 7) is 1.31.